The molecule has 1 aromatic heterocycles. The van der Waals surface area contributed by atoms with Crippen LogP contribution in [-0.4, -0.2) is 21.9 Å². The number of amides is 1. The van der Waals surface area contributed by atoms with Crippen molar-refractivity contribution < 1.29 is 9.53 Å². The Labute approximate surface area is 148 Å². The number of thioether (sulfide) groups is 1. The number of benzene rings is 2. The monoisotopic (exact) mass is 357 g/mol. The normalized spacial score (nSPS) is 10.4. The molecule has 0 saturated heterocycles. The lowest BCUT2D eigenvalue weighted by Gasteiger charge is -2.08. The Hall–Kier alpha value is -2.38. The number of nitrogens with zero attached hydrogens (tertiary/aromatic N) is 2. The molecule has 0 aliphatic carbocycles. The van der Waals surface area contributed by atoms with E-state index in [0.717, 1.165) is 21.5 Å². The molecule has 1 heterocycles. The first kappa shape index (κ1) is 16.5. The Morgan fingerprint density at radius 2 is 1.79 bits per heavy atom. The Balaban J connectivity index is 1.52. The maximum absolute atomic E-state index is 11.9. The predicted molar refractivity (Wildman–Crippen MR) is 97.0 cm³/mol. The van der Waals surface area contributed by atoms with Crippen LogP contribution in [0.2, 0.25) is 0 Å². The molecule has 3 aromatic rings. The van der Waals surface area contributed by atoms with Gasteiger partial charge in [0.25, 0.3) is 0 Å². The first-order valence-corrected chi connectivity index (χ1v) is 9.09. The minimum atomic E-state index is -0.0811. The van der Waals surface area contributed by atoms with Crippen molar-refractivity contribution in [1.82, 2.24) is 10.2 Å². The van der Waals surface area contributed by atoms with E-state index in [1.54, 1.807) is 5.51 Å². The Morgan fingerprint density at radius 3 is 2.42 bits per heavy atom. The maximum atomic E-state index is 11.9. The van der Waals surface area contributed by atoms with Crippen LogP contribution < -0.4 is 10.1 Å². The van der Waals surface area contributed by atoms with Crippen LogP contribution in [0.5, 0.6) is 11.5 Å². The highest BCUT2D eigenvalue weighted by atomic mass is 32.2. The van der Waals surface area contributed by atoms with Gasteiger partial charge in [0.15, 0.2) is 4.34 Å². The van der Waals surface area contributed by atoms with Gasteiger partial charge >= 0.3 is 0 Å². The average molecular weight is 357 g/mol. The number of anilines is 1. The lowest BCUT2D eigenvalue weighted by Crippen LogP contribution is -2.13. The number of rotatable bonds is 6. The van der Waals surface area contributed by atoms with Gasteiger partial charge in [-0.2, -0.15) is 0 Å². The van der Waals surface area contributed by atoms with Gasteiger partial charge in [0.1, 0.15) is 17.0 Å². The molecular weight excluding hydrogens is 342 g/mol. The van der Waals surface area contributed by atoms with E-state index < -0.39 is 0 Å². The third kappa shape index (κ3) is 4.81. The van der Waals surface area contributed by atoms with Gasteiger partial charge in [-0.1, -0.05) is 40.8 Å². The first-order valence-electron chi connectivity index (χ1n) is 7.22. The zero-order valence-corrected chi connectivity index (χ0v) is 14.6. The van der Waals surface area contributed by atoms with E-state index >= 15 is 0 Å². The number of hydrogen-bond donors (Lipinski definition) is 1. The largest absolute Gasteiger partial charge is 0.457 e. The lowest BCUT2D eigenvalue weighted by atomic mass is 10.2. The summed E-state index contributed by atoms with van der Waals surface area (Å²) in [5.74, 6) is 1.73. The van der Waals surface area contributed by atoms with Crippen molar-refractivity contribution in [3.63, 3.8) is 0 Å². The van der Waals surface area contributed by atoms with Crippen molar-refractivity contribution in [2.75, 3.05) is 11.1 Å². The summed E-state index contributed by atoms with van der Waals surface area (Å²) in [5, 5.41) is 10.5. The number of hydrogen-bond acceptors (Lipinski definition) is 6. The Kier molecular flexibility index (Phi) is 5.45. The second-order valence-corrected chi connectivity index (χ2v) is 7.04. The van der Waals surface area contributed by atoms with Crippen LogP contribution in [0.15, 0.2) is 58.4 Å². The quantitative estimate of drug-likeness (QED) is 0.664. The maximum Gasteiger partial charge on any atom is 0.234 e. The topological polar surface area (TPSA) is 64.1 Å². The van der Waals surface area contributed by atoms with Crippen LogP contribution in [0, 0.1) is 6.92 Å². The van der Waals surface area contributed by atoms with Crippen molar-refractivity contribution >= 4 is 34.7 Å². The number of aryl methyl sites for hydroxylation is 1. The van der Waals surface area contributed by atoms with Crippen LogP contribution in [0.25, 0.3) is 0 Å². The summed E-state index contributed by atoms with van der Waals surface area (Å²) in [4.78, 5) is 11.9. The van der Waals surface area contributed by atoms with E-state index in [-0.39, 0.29) is 5.91 Å². The Morgan fingerprint density at radius 1 is 1.12 bits per heavy atom. The van der Waals surface area contributed by atoms with Crippen molar-refractivity contribution in [1.29, 1.82) is 0 Å². The van der Waals surface area contributed by atoms with E-state index in [2.05, 4.69) is 15.5 Å². The molecule has 0 aliphatic rings. The van der Waals surface area contributed by atoms with E-state index in [4.69, 9.17) is 4.74 Å². The number of carbonyl (C=O) groups is 1. The molecule has 5 nitrogen and oxygen atoms in total. The van der Waals surface area contributed by atoms with Crippen molar-refractivity contribution in [3.8, 4) is 11.5 Å². The lowest BCUT2D eigenvalue weighted by molar-refractivity contribution is -0.113. The van der Waals surface area contributed by atoms with Crippen LogP contribution in [-0.2, 0) is 4.79 Å². The molecule has 0 atom stereocenters. The summed E-state index contributed by atoms with van der Waals surface area (Å²) >= 11 is 2.79. The van der Waals surface area contributed by atoms with Crippen LogP contribution in [0.1, 0.15) is 5.56 Å². The molecule has 0 saturated carbocycles. The molecule has 7 heteroatoms. The molecule has 0 radical (unpaired) electrons. The zero-order chi connectivity index (χ0) is 16.8. The number of nitrogens with one attached hydrogen (secondary N) is 1. The third-order valence-electron chi connectivity index (χ3n) is 3.06. The van der Waals surface area contributed by atoms with Gasteiger partial charge in [0.05, 0.1) is 5.75 Å². The molecule has 0 bridgehead atoms. The highest BCUT2D eigenvalue weighted by Gasteiger charge is 2.06. The number of carbonyl (C=O) groups excluding carboxylic acids is 1. The van der Waals surface area contributed by atoms with Gasteiger partial charge < -0.3 is 10.1 Å². The van der Waals surface area contributed by atoms with Crippen LogP contribution in [0.3, 0.4) is 0 Å². The molecule has 0 unspecified atom stereocenters. The van der Waals surface area contributed by atoms with Gasteiger partial charge in [-0.05, 0) is 43.3 Å². The number of ether oxygens (including phenoxy) is 1. The zero-order valence-electron chi connectivity index (χ0n) is 12.9. The fraction of sp³-hybridized carbons (Fsp3) is 0.118. The molecule has 3 rings (SSSR count). The first-order chi connectivity index (χ1) is 11.7. The highest BCUT2D eigenvalue weighted by Crippen LogP contribution is 2.24. The number of aromatic nitrogens is 2. The molecule has 0 aliphatic heterocycles. The molecule has 0 spiro atoms. The second-order valence-electron chi connectivity index (χ2n) is 4.98. The molecule has 24 heavy (non-hydrogen) atoms. The van der Waals surface area contributed by atoms with E-state index in [1.807, 2.05) is 55.5 Å². The van der Waals surface area contributed by atoms with Crippen LogP contribution in [0.4, 0.5) is 5.69 Å². The Bertz CT molecular complexity index is 788. The summed E-state index contributed by atoms with van der Waals surface area (Å²) in [5.41, 5.74) is 3.56. The molecule has 1 N–H and O–H groups in total. The smallest absolute Gasteiger partial charge is 0.234 e. The fourth-order valence-electron chi connectivity index (χ4n) is 1.90. The minimum Gasteiger partial charge on any atom is -0.457 e. The summed E-state index contributed by atoms with van der Waals surface area (Å²) in [6.45, 7) is 2.03. The summed E-state index contributed by atoms with van der Waals surface area (Å²) in [6.07, 6.45) is 0. The molecule has 122 valence electrons. The summed E-state index contributed by atoms with van der Waals surface area (Å²) in [6, 6.07) is 15.1. The summed E-state index contributed by atoms with van der Waals surface area (Å²) < 4.78 is 6.54. The molecular formula is C17H15N3O2S2. The average Bonchev–Trinajstić information content (AvgIpc) is 3.10. The second kappa shape index (κ2) is 7.94. The molecule has 0 fully saturated rings. The van der Waals surface area contributed by atoms with Gasteiger partial charge in [0, 0.05) is 5.69 Å². The van der Waals surface area contributed by atoms with Crippen LogP contribution >= 0.6 is 23.1 Å². The third-order valence-corrected chi connectivity index (χ3v) is 4.92. The van der Waals surface area contributed by atoms with E-state index in [9.17, 15) is 4.79 Å². The van der Waals surface area contributed by atoms with Gasteiger partial charge in [-0.15, -0.1) is 10.2 Å². The standard InChI is InChI=1S/C17H15N3O2S2/c1-12-2-6-14(7-3-12)22-15-8-4-13(5-9-15)19-16(21)10-23-17-20-18-11-24-17/h2-9,11H,10H2,1H3,(H,19,21). The predicted octanol–water partition coefficient (Wildman–Crippen LogP) is 4.37. The summed E-state index contributed by atoms with van der Waals surface area (Å²) in [7, 11) is 0. The molecule has 1 amide bonds. The SMILES string of the molecule is Cc1ccc(Oc2ccc(NC(=O)CSc3nncs3)cc2)cc1. The van der Waals surface area contributed by atoms with Gasteiger partial charge in [-0.25, -0.2) is 0 Å². The fourth-order valence-corrected chi connectivity index (χ4v) is 3.19. The van der Waals surface area contributed by atoms with E-state index in [1.165, 1.54) is 28.7 Å². The van der Waals surface area contributed by atoms with Crippen molar-refractivity contribution in [2.24, 2.45) is 0 Å². The minimum absolute atomic E-state index is 0.0811. The van der Waals surface area contributed by atoms with Gasteiger partial charge in [0.2, 0.25) is 5.91 Å². The highest BCUT2D eigenvalue weighted by molar-refractivity contribution is 8.01. The van der Waals surface area contributed by atoms with Gasteiger partial charge in [-0.3, -0.25) is 4.79 Å². The molecule has 2 aromatic carbocycles. The van der Waals surface area contributed by atoms with Crippen molar-refractivity contribution in [2.45, 2.75) is 11.3 Å². The van der Waals surface area contributed by atoms with Crippen molar-refractivity contribution in [3.05, 3.63) is 59.6 Å². The van der Waals surface area contributed by atoms with E-state index in [0.29, 0.717) is 5.75 Å².